The molecule has 0 fully saturated rings. The molecular weight excluding hydrogens is 337 g/mol. The second-order valence-electron chi connectivity index (χ2n) is 6.07. The minimum atomic E-state index is -0.244. The number of nitrogens with zero attached hydrogens (tertiary/aromatic N) is 4. The van der Waals surface area contributed by atoms with Gasteiger partial charge in [0.15, 0.2) is 5.16 Å². The van der Waals surface area contributed by atoms with Crippen molar-refractivity contribution in [2.24, 2.45) is 0 Å². The highest BCUT2D eigenvalue weighted by Gasteiger charge is 2.20. The van der Waals surface area contributed by atoms with Crippen molar-refractivity contribution < 1.29 is 4.39 Å². The molecule has 1 aromatic carbocycles. The van der Waals surface area contributed by atoms with Gasteiger partial charge in [-0.25, -0.2) is 14.4 Å². The van der Waals surface area contributed by atoms with Gasteiger partial charge in [-0.1, -0.05) is 23.9 Å². The van der Waals surface area contributed by atoms with Crippen LogP contribution in [0.1, 0.15) is 16.8 Å². The molecular formula is C18H18FN5S. The van der Waals surface area contributed by atoms with E-state index in [4.69, 9.17) is 0 Å². The SMILES string of the molecule is CSc1ncc2c(n1)CCN(Cc1cn[nH]c1-c1cccc(F)c1)C2. The molecule has 0 unspecified atom stereocenters. The number of rotatable bonds is 4. The summed E-state index contributed by atoms with van der Waals surface area (Å²) in [6.45, 7) is 2.51. The van der Waals surface area contributed by atoms with Crippen LogP contribution in [0.3, 0.4) is 0 Å². The van der Waals surface area contributed by atoms with E-state index in [0.29, 0.717) is 0 Å². The molecule has 7 heteroatoms. The molecule has 0 amide bonds. The lowest BCUT2D eigenvalue weighted by molar-refractivity contribution is 0.242. The predicted molar refractivity (Wildman–Crippen MR) is 95.6 cm³/mol. The number of nitrogens with one attached hydrogen (secondary N) is 1. The first kappa shape index (κ1) is 16.2. The van der Waals surface area contributed by atoms with Crippen LogP contribution < -0.4 is 0 Å². The lowest BCUT2D eigenvalue weighted by atomic mass is 10.0. The van der Waals surface area contributed by atoms with Gasteiger partial charge in [-0.2, -0.15) is 5.10 Å². The van der Waals surface area contributed by atoms with Crippen molar-refractivity contribution >= 4 is 11.8 Å². The molecule has 0 atom stereocenters. The molecule has 128 valence electrons. The Hall–Kier alpha value is -2.25. The van der Waals surface area contributed by atoms with E-state index in [-0.39, 0.29) is 5.82 Å². The average Bonchev–Trinajstić information content (AvgIpc) is 3.09. The Bertz CT molecular complexity index is 895. The number of benzene rings is 1. The Labute approximate surface area is 149 Å². The Balaban J connectivity index is 1.53. The third-order valence-electron chi connectivity index (χ3n) is 4.40. The van der Waals surface area contributed by atoms with Gasteiger partial charge in [0.1, 0.15) is 5.82 Å². The lowest BCUT2D eigenvalue weighted by Crippen LogP contribution is -2.31. The van der Waals surface area contributed by atoms with E-state index in [1.54, 1.807) is 17.8 Å². The van der Waals surface area contributed by atoms with Gasteiger partial charge in [0, 0.05) is 48.9 Å². The molecule has 25 heavy (non-hydrogen) atoms. The standard InChI is InChI=1S/C18H18FN5S/c1-25-18-20-8-13-10-24(6-5-16(13)22-18)11-14-9-21-23-17(14)12-3-2-4-15(19)7-12/h2-4,7-9H,5-6,10-11H2,1H3,(H,21,23). The summed E-state index contributed by atoms with van der Waals surface area (Å²) in [5, 5.41) is 7.99. The van der Waals surface area contributed by atoms with Gasteiger partial charge in [0.05, 0.1) is 17.6 Å². The molecule has 1 N–H and O–H groups in total. The molecule has 3 aromatic rings. The Kier molecular flexibility index (Phi) is 4.50. The van der Waals surface area contributed by atoms with Crippen LogP contribution in [0.4, 0.5) is 4.39 Å². The van der Waals surface area contributed by atoms with E-state index in [1.165, 1.54) is 17.7 Å². The van der Waals surface area contributed by atoms with Gasteiger partial charge < -0.3 is 0 Å². The topological polar surface area (TPSA) is 57.7 Å². The number of fused-ring (bicyclic) bond motifs is 1. The van der Waals surface area contributed by atoms with Crippen LogP contribution in [0.5, 0.6) is 0 Å². The van der Waals surface area contributed by atoms with Crippen molar-refractivity contribution in [3.05, 3.63) is 59.3 Å². The fourth-order valence-corrected chi connectivity index (χ4v) is 3.52. The van der Waals surface area contributed by atoms with Crippen LogP contribution in [0, 0.1) is 5.82 Å². The largest absolute Gasteiger partial charge is 0.294 e. The van der Waals surface area contributed by atoms with Gasteiger partial charge >= 0.3 is 0 Å². The fourth-order valence-electron chi connectivity index (χ4n) is 3.16. The highest BCUT2D eigenvalue weighted by atomic mass is 32.2. The summed E-state index contributed by atoms with van der Waals surface area (Å²) in [6.07, 6.45) is 6.66. The highest BCUT2D eigenvalue weighted by molar-refractivity contribution is 7.98. The van der Waals surface area contributed by atoms with Crippen LogP contribution in [0.25, 0.3) is 11.3 Å². The summed E-state index contributed by atoms with van der Waals surface area (Å²) in [7, 11) is 0. The number of thioether (sulfide) groups is 1. The monoisotopic (exact) mass is 355 g/mol. The molecule has 1 aliphatic heterocycles. The number of aromatic amines is 1. The van der Waals surface area contributed by atoms with Crippen molar-refractivity contribution in [2.75, 3.05) is 12.8 Å². The van der Waals surface area contributed by atoms with Crippen molar-refractivity contribution in [1.29, 1.82) is 0 Å². The molecule has 0 radical (unpaired) electrons. The number of hydrogen-bond acceptors (Lipinski definition) is 5. The van der Waals surface area contributed by atoms with E-state index >= 15 is 0 Å². The summed E-state index contributed by atoms with van der Waals surface area (Å²) in [5.41, 5.74) is 5.08. The summed E-state index contributed by atoms with van der Waals surface area (Å²) < 4.78 is 13.5. The highest BCUT2D eigenvalue weighted by Crippen LogP contribution is 2.25. The van der Waals surface area contributed by atoms with E-state index in [2.05, 4.69) is 25.1 Å². The fraction of sp³-hybridized carbons (Fsp3) is 0.278. The molecule has 0 saturated heterocycles. The first-order valence-corrected chi connectivity index (χ1v) is 9.34. The maximum absolute atomic E-state index is 13.5. The normalized spacial score (nSPS) is 14.5. The molecule has 0 bridgehead atoms. The number of hydrogen-bond donors (Lipinski definition) is 1. The van der Waals surface area contributed by atoms with Crippen LogP contribution in [-0.2, 0) is 19.5 Å². The number of aromatic nitrogens is 4. The minimum absolute atomic E-state index is 0.244. The third kappa shape index (κ3) is 3.43. The number of H-pyrrole nitrogens is 1. The van der Waals surface area contributed by atoms with Crippen LogP contribution in [0.2, 0.25) is 0 Å². The van der Waals surface area contributed by atoms with E-state index in [0.717, 1.165) is 53.7 Å². The Morgan fingerprint density at radius 2 is 2.24 bits per heavy atom. The molecule has 4 rings (SSSR count). The molecule has 0 spiro atoms. The van der Waals surface area contributed by atoms with Gasteiger partial charge in [0.2, 0.25) is 0 Å². The van der Waals surface area contributed by atoms with E-state index < -0.39 is 0 Å². The van der Waals surface area contributed by atoms with Gasteiger partial charge in [-0.05, 0) is 18.4 Å². The van der Waals surface area contributed by atoms with Crippen molar-refractivity contribution in [3.63, 3.8) is 0 Å². The van der Waals surface area contributed by atoms with Gasteiger partial charge in [0.25, 0.3) is 0 Å². The zero-order chi connectivity index (χ0) is 17.2. The second-order valence-corrected chi connectivity index (χ2v) is 6.84. The van der Waals surface area contributed by atoms with Crippen molar-refractivity contribution in [1.82, 2.24) is 25.1 Å². The molecule has 0 aliphatic carbocycles. The van der Waals surface area contributed by atoms with Crippen molar-refractivity contribution in [2.45, 2.75) is 24.7 Å². The zero-order valence-electron chi connectivity index (χ0n) is 13.9. The Morgan fingerprint density at radius 1 is 1.32 bits per heavy atom. The smallest absolute Gasteiger partial charge is 0.187 e. The van der Waals surface area contributed by atoms with E-state index in [1.807, 2.05) is 24.7 Å². The average molecular weight is 355 g/mol. The summed E-state index contributed by atoms with van der Waals surface area (Å²) in [4.78, 5) is 11.3. The molecule has 0 saturated carbocycles. The summed E-state index contributed by atoms with van der Waals surface area (Å²) in [6, 6.07) is 6.58. The van der Waals surface area contributed by atoms with Gasteiger partial charge in [-0.15, -0.1) is 0 Å². The van der Waals surface area contributed by atoms with Crippen LogP contribution in [-0.4, -0.2) is 37.9 Å². The second kappa shape index (κ2) is 6.93. The molecule has 2 aromatic heterocycles. The maximum atomic E-state index is 13.5. The van der Waals surface area contributed by atoms with Crippen LogP contribution >= 0.6 is 11.8 Å². The quantitative estimate of drug-likeness (QED) is 0.575. The molecule has 5 nitrogen and oxygen atoms in total. The first-order chi connectivity index (χ1) is 12.2. The van der Waals surface area contributed by atoms with Crippen molar-refractivity contribution in [3.8, 4) is 11.3 Å². The number of halogens is 1. The van der Waals surface area contributed by atoms with Crippen LogP contribution in [0.15, 0.2) is 41.8 Å². The summed E-state index contributed by atoms with van der Waals surface area (Å²) >= 11 is 1.57. The lowest BCUT2D eigenvalue weighted by Gasteiger charge is -2.27. The molecule has 1 aliphatic rings. The van der Waals surface area contributed by atoms with E-state index in [9.17, 15) is 4.39 Å². The maximum Gasteiger partial charge on any atom is 0.187 e. The third-order valence-corrected chi connectivity index (χ3v) is 4.96. The zero-order valence-corrected chi connectivity index (χ0v) is 14.7. The predicted octanol–water partition coefficient (Wildman–Crippen LogP) is 3.29. The minimum Gasteiger partial charge on any atom is -0.294 e. The van der Waals surface area contributed by atoms with Gasteiger partial charge in [-0.3, -0.25) is 10.00 Å². The summed E-state index contributed by atoms with van der Waals surface area (Å²) in [5.74, 6) is -0.244. The molecule has 3 heterocycles. The Morgan fingerprint density at radius 3 is 3.08 bits per heavy atom. The first-order valence-electron chi connectivity index (χ1n) is 8.12.